The number of fused-ring (bicyclic) bond motifs is 6. The molecule has 0 spiro atoms. The summed E-state index contributed by atoms with van der Waals surface area (Å²) in [5.74, 6) is 0. The highest BCUT2D eigenvalue weighted by Crippen LogP contribution is 2.49. The highest BCUT2D eigenvalue weighted by Gasteiger charge is 2.26. The molecular weight excluding hydrogens is 400 g/mol. The fraction of sp³-hybridized carbons (Fsp3) is 0.0323. The lowest BCUT2D eigenvalue weighted by Gasteiger charge is -2.18. The van der Waals surface area contributed by atoms with E-state index in [0.717, 1.165) is 27.7 Å². The first-order valence-electron chi connectivity index (χ1n) is 11.3. The average molecular weight is 421 g/mol. The molecule has 0 atom stereocenters. The van der Waals surface area contributed by atoms with Gasteiger partial charge in [0.25, 0.3) is 0 Å². The number of hydrogen-bond acceptors (Lipinski definition) is 2. The summed E-state index contributed by atoms with van der Waals surface area (Å²) in [4.78, 5) is 10.1. The zero-order chi connectivity index (χ0) is 21.9. The molecule has 0 saturated heterocycles. The van der Waals surface area contributed by atoms with E-state index in [0.29, 0.717) is 0 Å². The highest BCUT2D eigenvalue weighted by molar-refractivity contribution is 6.03. The fourth-order valence-electron chi connectivity index (χ4n) is 5.23. The van der Waals surface area contributed by atoms with E-state index in [1.165, 1.54) is 43.8 Å². The molecule has 0 aromatic heterocycles. The van der Waals surface area contributed by atoms with Gasteiger partial charge in [-0.1, -0.05) is 78.9 Å². The topological polar surface area (TPSA) is 24.7 Å². The maximum Gasteiger partial charge on any atom is 0.0817 e. The van der Waals surface area contributed by atoms with Crippen LogP contribution in [0, 0.1) is 17.4 Å². The highest BCUT2D eigenvalue weighted by atomic mass is 14.8. The molecule has 154 valence electrons. The average Bonchev–Trinajstić information content (AvgIpc) is 3.42. The number of nitrogens with zero attached hydrogens (tertiary/aromatic N) is 2. The fourth-order valence-corrected chi connectivity index (χ4v) is 5.23. The van der Waals surface area contributed by atoms with Crippen molar-refractivity contribution in [1.29, 1.82) is 0 Å². The molecule has 0 aliphatic carbocycles. The first-order chi connectivity index (χ1) is 16.3. The number of para-hydroxylation sites is 1. The van der Waals surface area contributed by atoms with E-state index in [2.05, 4.69) is 110 Å². The van der Waals surface area contributed by atoms with E-state index in [1.54, 1.807) is 0 Å². The van der Waals surface area contributed by atoms with Gasteiger partial charge >= 0.3 is 0 Å². The van der Waals surface area contributed by atoms with Crippen molar-refractivity contribution in [2.24, 2.45) is 9.98 Å². The molecule has 0 bridgehead atoms. The molecule has 0 fully saturated rings. The Labute approximate surface area is 191 Å². The molecule has 2 heterocycles. The van der Waals surface area contributed by atoms with Gasteiger partial charge in [0, 0.05) is 21.6 Å². The van der Waals surface area contributed by atoms with Crippen LogP contribution in [-0.4, -0.2) is 0 Å². The van der Waals surface area contributed by atoms with Crippen LogP contribution >= 0.6 is 0 Å². The van der Waals surface area contributed by atoms with E-state index in [-0.39, 0.29) is 0 Å². The van der Waals surface area contributed by atoms with Crippen molar-refractivity contribution in [3.05, 3.63) is 130 Å². The monoisotopic (exact) mass is 420 g/mol. The minimum atomic E-state index is 1.00. The minimum absolute atomic E-state index is 1.00. The molecule has 0 saturated carbocycles. The maximum atomic E-state index is 5.09. The van der Waals surface area contributed by atoms with Crippen molar-refractivity contribution in [2.45, 2.75) is 6.92 Å². The Bertz CT molecular complexity index is 1820. The Morgan fingerprint density at radius 1 is 0.485 bits per heavy atom. The second-order valence-electron chi connectivity index (χ2n) is 8.66. The Morgan fingerprint density at radius 3 is 2.15 bits per heavy atom. The second-order valence-corrected chi connectivity index (χ2v) is 8.66. The van der Waals surface area contributed by atoms with Crippen LogP contribution < -0.4 is 10.7 Å². The van der Waals surface area contributed by atoms with Crippen LogP contribution in [0.4, 0.5) is 11.4 Å². The summed E-state index contributed by atoms with van der Waals surface area (Å²) in [6.07, 6.45) is 0. The van der Waals surface area contributed by atoms with Crippen LogP contribution in [0.15, 0.2) is 113 Å². The van der Waals surface area contributed by atoms with Crippen molar-refractivity contribution in [1.82, 2.24) is 0 Å². The van der Waals surface area contributed by atoms with Gasteiger partial charge in [0.1, 0.15) is 0 Å². The van der Waals surface area contributed by atoms with Crippen LogP contribution in [0.5, 0.6) is 0 Å². The van der Waals surface area contributed by atoms with E-state index in [1.807, 2.05) is 0 Å². The Morgan fingerprint density at radius 2 is 1.27 bits per heavy atom. The largest absolute Gasteiger partial charge is 0.248 e. The van der Waals surface area contributed by atoms with Gasteiger partial charge in [-0.3, -0.25) is 0 Å². The number of hydrogen-bond donors (Lipinski definition) is 0. The maximum absolute atomic E-state index is 5.09. The smallest absolute Gasteiger partial charge is 0.0817 e. The van der Waals surface area contributed by atoms with E-state index in [9.17, 15) is 0 Å². The summed E-state index contributed by atoms with van der Waals surface area (Å²) < 4.78 is 0. The molecule has 7 rings (SSSR count). The molecule has 2 heteroatoms. The minimum Gasteiger partial charge on any atom is -0.248 e. The first kappa shape index (κ1) is 18.3. The molecule has 0 amide bonds. The van der Waals surface area contributed by atoms with Gasteiger partial charge in [0.05, 0.1) is 22.1 Å². The van der Waals surface area contributed by atoms with Crippen LogP contribution in [-0.2, 0) is 0 Å². The van der Waals surface area contributed by atoms with Gasteiger partial charge < -0.3 is 0 Å². The lowest BCUT2D eigenvalue weighted by Crippen LogP contribution is -2.01. The number of aryl methyl sites for hydroxylation is 1. The molecule has 0 unspecified atom stereocenters. The lowest BCUT2D eigenvalue weighted by molar-refractivity contribution is 1.36. The molecule has 33 heavy (non-hydrogen) atoms. The third kappa shape index (κ3) is 2.61. The quantitative estimate of drug-likeness (QED) is 0.293. The second kappa shape index (κ2) is 6.85. The Balaban J connectivity index is 1.65. The van der Waals surface area contributed by atoms with Gasteiger partial charge in [0.2, 0.25) is 0 Å². The summed E-state index contributed by atoms with van der Waals surface area (Å²) in [6.45, 7) is 2.19. The van der Waals surface area contributed by atoms with Crippen LogP contribution in [0.2, 0.25) is 0 Å². The normalized spacial score (nSPS) is 12.3. The number of rotatable bonds is 2. The van der Waals surface area contributed by atoms with Crippen molar-refractivity contribution < 1.29 is 0 Å². The molecular formula is C31H20N2. The van der Waals surface area contributed by atoms with Gasteiger partial charge in [-0.2, -0.15) is 0 Å². The molecule has 0 radical (unpaired) electrons. The zero-order valence-electron chi connectivity index (χ0n) is 18.2. The Kier molecular flexibility index (Phi) is 3.80. The number of benzene rings is 5. The van der Waals surface area contributed by atoms with E-state index >= 15 is 0 Å². The predicted molar refractivity (Wildman–Crippen MR) is 133 cm³/mol. The molecule has 0 N–H and O–H groups in total. The molecule has 5 aromatic carbocycles. The van der Waals surface area contributed by atoms with Gasteiger partial charge in [0.15, 0.2) is 0 Å². The lowest BCUT2D eigenvalue weighted by atomic mass is 9.85. The Hall–Kier alpha value is -4.30. The van der Waals surface area contributed by atoms with Gasteiger partial charge in [-0.15, -0.1) is 0 Å². The SMILES string of the molecule is Cc1ccccc1-c1c(-c2ccccc2)ccc2c1-c1c3c(ccc1=N2)=c1ccccc1=N3. The molecule has 2 aliphatic heterocycles. The molecule has 5 aromatic rings. The molecule has 2 nitrogen and oxygen atoms in total. The van der Waals surface area contributed by atoms with E-state index in [4.69, 9.17) is 9.98 Å². The van der Waals surface area contributed by atoms with Gasteiger partial charge in [-0.05, 0) is 59.0 Å². The predicted octanol–water partition coefficient (Wildman–Crippen LogP) is 6.81. The van der Waals surface area contributed by atoms with Crippen LogP contribution in [0.1, 0.15) is 5.56 Å². The standard InChI is InChI=1S/C31H20N2/c1-19-9-5-6-12-21(19)28-22(20-10-3-2-4-11-20)15-17-26-29(28)30-27(32-26)18-16-24-23-13-7-8-14-25(23)33-31(24)30/h2-18H,1H3. The van der Waals surface area contributed by atoms with Crippen molar-refractivity contribution >= 4 is 11.4 Å². The third-order valence-corrected chi connectivity index (χ3v) is 6.76. The summed E-state index contributed by atoms with van der Waals surface area (Å²) in [6, 6.07) is 36.4. The van der Waals surface area contributed by atoms with Gasteiger partial charge in [-0.25, -0.2) is 9.98 Å². The summed E-state index contributed by atoms with van der Waals surface area (Å²) in [5, 5.41) is 4.42. The van der Waals surface area contributed by atoms with Crippen molar-refractivity contribution in [2.75, 3.05) is 0 Å². The van der Waals surface area contributed by atoms with Crippen LogP contribution in [0.3, 0.4) is 0 Å². The van der Waals surface area contributed by atoms with Crippen LogP contribution in [0.25, 0.3) is 33.4 Å². The molecule has 2 aliphatic rings. The van der Waals surface area contributed by atoms with E-state index < -0.39 is 0 Å². The van der Waals surface area contributed by atoms with Crippen molar-refractivity contribution in [3.8, 4) is 33.4 Å². The summed E-state index contributed by atoms with van der Waals surface area (Å²) in [5.41, 5.74) is 10.6. The first-order valence-corrected chi connectivity index (χ1v) is 11.3. The summed E-state index contributed by atoms with van der Waals surface area (Å²) >= 11 is 0. The summed E-state index contributed by atoms with van der Waals surface area (Å²) in [7, 11) is 0. The third-order valence-electron chi connectivity index (χ3n) is 6.76. The zero-order valence-corrected chi connectivity index (χ0v) is 18.2. The van der Waals surface area contributed by atoms with Crippen molar-refractivity contribution in [3.63, 3.8) is 0 Å².